The predicted molar refractivity (Wildman–Crippen MR) is 85.1 cm³/mol. The van der Waals surface area contributed by atoms with Crippen molar-refractivity contribution in [2.24, 2.45) is 0 Å². The van der Waals surface area contributed by atoms with E-state index in [1.807, 2.05) is 25.1 Å². The number of hydrogen-bond acceptors (Lipinski definition) is 4. The second-order valence-electron chi connectivity index (χ2n) is 4.50. The molecule has 0 bridgehead atoms. The van der Waals surface area contributed by atoms with Crippen LogP contribution in [-0.4, -0.2) is 25.0 Å². The van der Waals surface area contributed by atoms with Gasteiger partial charge in [-0.15, -0.1) is 0 Å². The van der Waals surface area contributed by atoms with Crippen molar-refractivity contribution < 1.29 is 4.79 Å². The first-order chi connectivity index (χ1) is 9.47. The highest BCUT2D eigenvalue weighted by Gasteiger charge is 2.11. The number of halogens is 1. The van der Waals surface area contributed by atoms with Crippen molar-refractivity contribution in [2.45, 2.75) is 0 Å². The molecule has 1 amide bonds. The first kappa shape index (κ1) is 14.3. The van der Waals surface area contributed by atoms with E-state index in [9.17, 15) is 4.79 Å². The van der Waals surface area contributed by atoms with Crippen LogP contribution in [0.4, 0.5) is 17.2 Å². The number of nitrogens with one attached hydrogen (secondary N) is 1. The molecule has 0 radical (unpaired) electrons. The van der Waals surface area contributed by atoms with E-state index in [2.05, 4.69) is 26.2 Å². The van der Waals surface area contributed by atoms with Crippen LogP contribution in [0.1, 0.15) is 10.4 Å². The standard InChI is InChI=1S/C14H15BrN4O/c1-19(2)13-12(4-3-5-17-13)18-14(20)9-6-10(15)8-11(16)7-9/h3-8H,16H2,1-2H3,(H,18,20). The van der Waals surface area contributed by atoms with Gasteiger partial charge in [-0.3, -0.25) is 4.79 Å². The normalized spacial score (nSPS) is 10.2. The third-order valence-corrected chi connectivity index (χ3v) is 3.10. The average Bonchev–Trinajstić information content (AvgIpc) is 2.37. The molecule has 0 fully saturated rings. The monoisotopic (exact) mass is 334 g/mol. The molecular formula is C14H15BrN4O. The molecule has 3 N–H and O–H groups in total. The van der Waals surface area contributed by atoms with Gasteiger partial charge in [-0.1, -0.05) is 15.9 Å². The quantitative estimate of drug-likeness (QED) is 0.846. The van der Waals surface area contributed by atoms with Crippen LogP contribution in [0.25, 0.3) is 0 Å². The highest BCUT2D eigenvalue weighted by atomic mass is 79.9. The van der Waals surface area contributed by atoms with Gasteiger partial charge in [0.1, 0.15) is 0 Å². The molecule has 20 heavy (non-hydrogen) atoms. The minimum absolute atomic E-state index is 0.228. The van der Waals surface area contributed by atoms with Gasteiger partial charge in [0, 0.05) is 36.0 Å². The van der Waals surface area contributed by atoms with Crippen molar-refractivity contribution in [3.8, 4) is 0 Å². The molecule has 0 saturated carbocycles. The Bertz CT molecular complexity index is 623. The number of nitrogens with two attached hydrogens (primary N) is 1. The van der Waals surface area contributed by atoms with Gasteiger partial charge in [-0.25, -0.2) is 4.98 Å². The van der Waals surface area contributed by atoms with Crippen molar-refractivity contribution in [1.82, 2.24) is 4.98 Å². The first-order valence-electron chi connectivity index (χ1n) is 5.97. The van der Waals surface area contributed by atoms with Crippen molar-refractivity contribution >= 4 is 39.0 Å². The smallest absolute Gasteiger partial charge is 0.255 e. The fourth-order valence-electron chi connectivity index (χ4n) is 1.79. The molecule has 1 aromatic heterocycles. The fourth-order valence-corrected chi connectivity index (χ4v) is 2.30. The Labute approximate surface area is 125 Å². The van der Waals surface area contributed by atoms with Crippen molar-refractivity contribution in [2.75, 3.05) is 30.0 Å². The zero-order valence-corrected chi connectivity index (χ0v) is 12.8. The zero-order valence-electron chi connectivity index (χ0n) is 11.2. The molecule has 0 aliphatic heterocycles. The molecule has 0 saturated heterocycles. The third kappa shape index (κ3) is 3.27. The summed E-state index contributed by atoms with van der Waals surface area (Å²) in [7, 11) is 3.74. The lowest BCUT2D eigenvalue weighted by Gasteiger charge is -2.16. The van der Waals surface area contributed by atoms with Gasteiger partial charge in [-0.05, 0) is 30.3 Å². The first-order valence-corrected chi connectivity index (χ1v) is 6.76. The van der Waals surface area contributed by atoms with Crippen molar-refractivity contribution in [3.05, 3.63) is 46.6 Å². The lowest BCUT2D eigenvalue weighted by Crippen LogP contribution is -2.17. The summed E-state index contributed by atoms with van der Waals surface area (Å²) in [5.41, 5.74) is 7.41. The summed E-state index contributed by atoms with van der Waals surface area (Å²) in [6.07, 6.45) is 1.68. The van der Waals surface area contributed by atoms with Crippen LogP contribution in [0.3, 0.4) is 0 Å². The zero-order chi connectivity index (χ0) is 14.7. The number of nitrogen functional groups attached to an aromatic ring is 1. The van der Waals surface area contributed by atoms with Gasteiger partial charge in [0.15, 0.2) is 5.82 Å². The molecule has 2 aromatic rings. The van der Waals surface area contributed by atoms with Gasteiger partial charge >= 0.3 is 0 Å². The maximum atomic E-state index is 12.3. The Morgan fingerprint density at radius 1 is 1.35 bits per heavy atom. The number of amides is 1. The van der Waals surface area contributed by atoms with Crippen molar-refractivity contribution in [3.63, 3.8) is 0 Å². The van der Waals surface area contributed by atoms with E-state index in [1.165, 1.54) is 0 Å². The number of aromatic nitrogens is 1. The summed E-state index contributed by atoms with van der Waals surface area (Å²) in [4.78, 5) is 18.3. The maximum absolute atomic E-state index is 12.3. The van der Waals surface area contributed by atoms with Gasteiger partial charge < -0.3 is 16.0 Å². The second kappa shape index (κ2) is 5.92. The average molecular weight is 335 g/mol. The largest absolute Gasteiger partial charge is 0.399 e. The molecule has 0 spiro atoms. The summed E-state index contributed by atoms with van der Waals surface area (Å²) in [6.45, 7) is 0. The third-order valence-electron chi connectivity index (χ3n) is 2.64. The number of pyridine rings is 1. The Balaban J connectivity index is 2.28. The Morgan fingerprint density at radius 2 is 2.10 bits per heavy atom. The van der Waals surface area contributed by atoms with Gasteiger partial charge in [0.05, 0.1) is 5.69 Å². The molecule has 1 aromatic carbocycles. The van der Waals surface area contributed by atoms with Crippen LogP contribution < -0.4 is 16.0 Å². The van der Waals surface area contributed by atoms with Crippen LogP contribution in [0, 0.1) is 0 Å². The van der Waals surface area contributed by atoms with Gasteiger partial charge in [0.2, 0.25) is 0 Å². The van der Waals surface area contributed by atoms with E-state index in [0.29, 0.717) is 22.8 Å². The summed E-state index contributed by atoms with van der Waals surface area (Å²) in [6, 6.07) is 8.68. The molecule has 6 heteroatoms. The summed E-state index contributed by atoms with van der Waals surface area (Å²) >= 11 is 3.32. The Morgan fingerprint density at radius 3 is 2.75 bits per heavy atom. The predicted octanol–water partition coefficient (Wildman–Crippen LogP) is 2.74. The SMILES string of the molecule is CN(C)c1ncccc1NC(=O)c1cc(N)cc(Br)c1. The molecule has 2 rings (SSSR count). The van der Waals surface area contributed by atoms with Gasteiger partial charge in [0.25, 0.3) is 5.91 Å². The lowest BCUT2D eigenvalue weighted by atomic mass is 10.2. The maximum Gasteiger partial charge on any atom is 0.255 e. The topological polar surface area (TPSA) is 71.2 Å². The summed E-state index contributed by atoms with van der Waals surface area (Å²) in [5.74, 6) is 0.470. The number of carbonyl (C=O) groups excluding carboxylic acids is 1. The fraction of sp³-hybridized carbons (Fsp3) is 0.143. The van der Waals surface area contributed by atoms with E-state index < -0.39 is 0 Å². The van der Waals surface area contributed by atoms with Crippen LogP contribution in [-0.2, 0) is 0 Å². The highest BCUT2D eigenvalue weighted by molar-refractivity contribution is 9.10. The minimum atomic E-state index is -0.228. The van der Waals surface area contributed by atoms with E-state index in [0.717, 1.165) is 4.47 Å². The molecule has 1 heterocycles. The van der Waals surface area contributed by atoms with Crippen LogP contribution >= 0.6 is 15.9 Å². The molecular weight excluding hydrogens is 320 g/mol. The van der Waals surface area contributed by atoms with E-state index >= 15 is 0 Å². The second-order valence-corrected chi connectivity index (χ2v) is 5.41. The molecule has 104 valence electrons. The van der Waals surface area contributed by atoms with E-state index in [4.69, 9.17) is 5.73 Å². The van der Waals surface area contributed by atoms with Crippen LogP contribution in [0.15, 0.2) is 41.0 Å². The number of anilines is 3. The number of hydrogen-bond donors (Lipinski definition) is 2. The molecule has 5 nitrogen and oxygen atoms in total. The number of rotatable bonds is 3. The number of carbonyl (C=O) groups is 1. The molecule has 0 aliphatic rings. The van der Waals surface area contributed by atoms with E-state index in [-0.39, 0.29) is 5.91 Å². The molecule has 0 aliphatic carbocycles. The summed E-state index contributed by atoms with van der Waals surface area (Å²) < 4.78 is 0.765. The number of nitrogens with zero attached hydrogens (tertiary/aromatic N) is 2. The summed E-state index contributed by atoms with van der Waals surface area (Å²) in [5, 5.41) is 2.84. The molecule has 0 unspecified atom stereocenters. The van der Waals surface area contributed by atoms with Crippen molar-refractivity contribution in [1.29, 1.82) is 0 Å². The Hall–Kier alpha value is -2.08. The van der Waals surface area contributed by atoms with Crippen LogP contribution in [0.2, 0.25) is 0 Å². The Kier molecular flexibility index (Phi) is 4.24. The minimum Gasteiger partial charge on any atom is -0.399 e. The van der Waals surface area contributed by atoms with E-state index in [1.54, 1.807) is 30.5 Å². The van der Waals surface area contributed by atoms with Crippen LogP contribution in [0.5, 0.6) is 0 Å². The molecule has 0 atom stereocenters. The van der Waals surface area contributed by atoms with Gasteiger partial charge in [-0.2, -0.15) is 0 Å². The highest BCUT2D eigenvalue weighted by Crippen LogP contribution is 2.22. The number of benzene rings is 1. The lowest BCUT2D eigenvalue weighted by molar-refractivity contribution is 0.102.